The number of hydrogen-bond acceptors (Lipinski definition) is 6. The van der Waals surface area contributed by atoms with Crippen LogP contribution in [0.5, 0.6) is 0 Å². The van der Waals surface area contributed by atoms with Crippen molar-refractivity contribution < 1.29 is 18.7 Å². The fourth-order valence-corrected chi connectivity index (χ4v) is 4.02. The fourth-order valence-electron chi connectivity index (χ4n) is 4.02. The highest BCUT2D eigenvalue weighted by Crippen LogP contribution is 2.36. The summed E-state index contributed by atoms with van der Waals surface area (Å²) in [7, 11) is 0. The molecule has 2 amide bonds. The number of rotatable bonds is 6. The van der Waals surface area contributed by atoms with E-state index in [1.54, 1.807) is 24.0 Å². The van der Waals surface area contributed by atoms with Crippen molar-refractivity contribution >= 4 is 23.6 Å². The zero-order valence-electron chi connectivity index (χ0n) is 18.8. The lowest BCUT2D eigenvalue weighted by atomic mass is 9.81. The van der Waals surface area contributed by atoms with Gasteiger partial charge in [-0.2, -0.15) is 0 Å². The SMILES string of the molecule is CCOC(=O)c1cnc(NC2(c3ccccc3)CCN(C(=O)Nc3ccccc3F)CC2)nc1. The first-order valence-electron chi connectivity index (χ1n) is 11.1. The molecule has 0 spiro atoms. The standard InChI is InChI=1S/C25H26FN5O3/c1-2-34-22(32)18-16-27-23(28-17-18)30-25(19-8-4-3-5-9-19)12-14-31(15-13-25)24(33)29-21-11-7-6-10-20(21)26/h3-11,16-17H,2,12-15H2,1H3,(H,29,33)(H,27,28,30). The van der Waals surface area contributed by atoms with E-state index in [1.165, 1.54) is 24.5 Å². The minimum Gasteiger partial charge on any atom is -0.462 e. The van der Waals surface area contributed by atoms with Crippen LogP contribution in [0.4, 0.5) is 20.8 Å². The Hall–Kier alpha value is -4.01. The summed E-state index contributed by atoms with van der Waals surface area (Å²) in [5, 5.41) is 6.08. The Kier molecular flexibility index (Phi) is 7.01. The van der Waals surface area contributed by atoms with E-state index < -0.39 is 17.3 Å². The number of carbonyl (C=O) groups is 2. The van der Waals surface area contributed by atoms with Gasteiger partial charge >= 0.3 is 12.0 Å². The fraction of sp³-hybridized carbons (Fsp3) is 0.280. The Labute approximate surface area is 197 Å². The van der Waals surface area contributed by atoms with Crippen LogP contribution in [-0.2, 0) is 10.3 Å². The maximum Gasteiger partial charge on any atom is 0.341 e. The molecule has 0 unspecified atom stereocenters. The molecule has 8 nitrogen and oxygen atoms in total. The van der Waals surface area contributed by atoms with Crippen molar-refractivity contribution in [2.75, 3.05) is 30.3 Å². The number of amides is 2. The lowest BCUT2D eigenvalue weighted by Crippen LogP contribution is -2.50. The van der Waals surface area contributed by atoms with E-state index >= 15 is 0 Å². The second-order valence-corrected chi connectivity index (χ2v) is 7.99. The molecule has 9 heteroatoms. The van der Waals surface area contributed by atoms with Gasteiger partial charge < -0.3 is 20.3 Å². The van der Waals surface area contributed by atoms with Gasteiger partial charge in [-0.15, -0.1) is 0 Å². The highest BCUT2D eigenvalue weighted by Gasteiger charge is 2.38. The first kappa shape index (κ1) is 23.2. The number of piperidine rings is 1. The molecular weight excluding hydrogens is 437 g/mol. The van der Waals surface area contributed by atoms with Crippen molar-refractivity contribution in [3.05, 3.63) is 83.9 Å². The Morgan fingerprint density at radius 2 is 1.68 bits per heavy atom. The van der Waals surface area contributed by atoms with Crippen LogP contribution in [-0.4, -0.2) is 46.6 Å². The molecule has 0 atom stereocenters. The minimum atomic E-state index is -0.512. The van der Waals surface area contributed by atoms with Crippen molar-refractivity contribution in [1.29, 1.82) is 0 Å². The van der Waals surface area contributed by atoms with Gasteiger partial charge in [-0.25, -0.2) is 23.9 Å². The predicted molar refractivity (Wildman–Crippen MR) is 126 cm³/mol. The van der Waals surface area contributed by atoms with E-state index in [9.17, 15) is 14.0 Å². The summed E-state index contributed by atoms with van der Waals surface area (Å²) in [4.78, 5) is 34.9. The first-order valence-corrected chi connectivity index (χ1v) is 11.1. The largest absolute Gasteiger partial charge is 0.462 e. The summed E-state index contributed by atoms with van der Waals surface area (Å²) < 4.78 is 18.9. The molecule has 0 radical (unpaired) electrons. The number of halogens is 1. The second kappa shape index (κ2) is 10.3. The van der Waals surface area contributed by atoms with Crippen molar-refractivity contribution in [2.45, 2.75) is 25.3 Å². The quantitative estimate of drug-likeness (QED) is 0.525. The number of hydrogen-bond donors (Lipinski definition) is 2. The number of para-hydroxylation sites is 1. The van der Waals surface area contributed by atoms with Gasteiger partial charge in [-0.1, -0.05) is 42.5 Å². The molecule has 34 heavy (non-hydrogen) atoms. The van der Waals surface area contributed by atoms with E-state index in [1.807, 2.05) is 30.3 Å². The summed E-state index contributed by atoms with van der Waals surface area (Å²) in [5.74, 6) is -0.571. The van der Waals surface area contributed by atoms with Crippen molar-refractivity contribution in [2.24, 2.45) is 0 Å². The van der Waals surface area contributed by atoms with Gasteiger partial charge in [0.15, 0.2) is 0 Å². The third-order valence-electron chi connectivity index (χ3n) is 5.86. The van der Waals surface area contributed by atoms with Gasteiger partial charge in [0.1, 0.15) is 5.82 Å². The van der Waals surface area contributed by atoms with E-state index in [2.05, 4.69) is 20.6 Å². The predicted octanol–water partition coefficient (Wildman–Crippen LogP) is 4.43. The zero-order chi connectivity index (χ0) is 24.0. The summed E-state index contributed by atoms with van der Waals surface area (Å²) in [6, 6.07) is 15.7. The van der Waals surface area contributed by atoms with Crippen LogP contribution in [0.25, 0.3) is 0 Å². The third kappa shape index (κ3) is 5.14. The molecule has 0 saturated carbocycles. The Morgan fingerprint density at radius 3 is 2.32 bits per heavy atom. The van der Waals surface area contributed by atoms with Gasteiger partial charge in [0.25, 0.3) is 0 Å². The van der Waals surface area contributed by atoms with Crippen molar-refractivity contribution in [3.8, 4) is 0 Å². The molecule has 4 rings (SSSR count). The van der Waals surface area contributed by atoms with Crippen LogP contribution >= 0.6 is 0 Å². The van der Waals surface area contributed by atoms with Crippen molar-refractivity contribution in [1.82, 2.24) is 14.9 Å². The normalized spacial score (nSPS) is 14.8. The molecule has 3 aromatic rings. The number of nitrogens with zero attached hydrogens (tertiary/aromatic N) is 3. The lowest BCUT2D eigenvalue weighted by Gasteiger charge is -2.42. The number of urea groups is 1. The molecule has 1 fully saturated rings. The number of nitrogens with one attached hydrogen (secondary N) is 2. The Balaban J connectivity index is 1.49. The van der Waals surface area contributed by atoms with Crippen LogP contribution in [0.3, 0.4) is 0 Å². The molecule has 1 saturated heterocycles. The first-order chi connectivity index (χ1) is 16.5. The molecule has 0 aliphatic carbocycles. The molecule has 1 aromatic heterocycles. The smallest absolute Gasteiger partial charge is 0.341 e. The van der Waals surface area contributed by atoms with E-state index in [0.29, 0.717) is 31.9 Å². The van der Waals surface area contributed by atoms with Crippen LogP contribution in [0, 0.1) is 5.82 Å². The highest BCUT2D eigenvalue weighted by atomic mass is 19.1. The molecular formula is C25H26FN5O3. The highest BCUT2D eigenvalue weighted by molar-refractivity contribution is 5.89. The number of aromatic nitrogens is 2. The van der Waals surface area contributed by atoms with Gasteiger partial charge in [0.2, 0.25) is 5.95 Å². The summed E-state index contributed by atoms with van der Waals surface area (Å²) >= 11 is 0. The second-order valence-electron chi connectivity index (χ2n) is 7.99. The van der Waals surface area contributed by atoms with Gasteiger partial charge in [0, 0.05) is 25.5 Å². The van der Waals surface area contributed by atoms with E-state index in [4.69, 9.17) is 4.74 Å². The monoisotopic (exact) mass is 463 g/mol. The van der Waals surface area contributed by atoms with Crippen LogP contribution in [0.1, 0.15) is 35.7 Å². The Morgan fingerprint density at radius 1 is 1.03 bits per heavy atom. The molecule has 2 aromatic carbocycles. The lowest BCUT2D eigenvalue weighted by molar-refractivity contribution is 0.0525. The average molecular weight is 464 g/mol. The maximum absolute atomic E-state index is 13.9. The van der Waals surface area contributed by atoms with Gasteiger partial charge in [0.05, 0.1) is 23.4 Å². The van der Waals surface area contributed by atoms with Crippen LogP contribution in [0.15, 0.2) is 67.0 Å². The number of likely N-dealkylation sites (tertiary alicyclic amines) is 1. The molecule has 2 N–H and O–H groups in total. The number of carbonyl (C=O) groups excluding carboxylic acids is 2. The minimum absolute atomic E-state index is 0.153. The average Bonchev–Trinajstić information content (AvgIpc) is 2.87. The van der Waals surface area contributed by atoms with Crippen LogP contribution in [0.2, 0.25) is 0 Å². The summed E-state index contributed by atoms with van der Waals surface area (Å²) in [5.41, 5.74) is 0.963. The van der Waals surface area contributed by atoms with Crippen LogP contribution < -0.4 is 10.6 Å². The van der Waals surface area contributed by atoms with Gasteiger partial charge in [-0.05, 0) is 37.5 Å². The van der Waals surface area contributed by atoms with E-state index in [-0.39, 0.29) is 23.9 Å². The Bertz CT molecular complexity index is 1130. The number of benzene rings is 2. The molecule has 2 heterocycles. The molecule has 1 aliphatic rings. The van der Waals surface area contributed by atoms with Gasteiger partial charge in [-0.3, -0.25) is 0 Å². The topological polar surface area (TPSA) is 96.5 Å². The molecule has 1 aliphatic heterocycles. The molecule has 176 valence electrons. The third-order valence-corrected chi connectivity index (χ3v) is 5.86. The number of anilines is 2. The number of esters is 1. The zero-order valence-corrected chi connectivity index (χ0v) is 18.8. The summed E-state index contributed by atoms with van der Waals surface area (Å²) in [6.07, 6.45) is 4.04. The molecule has 0 bridgehead atoms. The maximum atomic E-state index is 13.9. The van der Waals surface area contributed by atoms with E-state index in [0.717, 1.165) is 5.56 Å². The number of ether oxygens (including phenoxy) is 1. The van der Waals surface area contributed by atoms with Crippen molar-refractivity contribution in [3.63, 3.8) is 0 Å². The summed E-state index contributed by atoms with van der Waals surface area (Å²) in [6.45, 7) is 2.91.